The van der Waals surface area contributed by atoms with Crippen LogP contribution in [0.15, 0.2) is 21.8 Å². The van der Waals surface area contributed by atoms with Gasteiger partial charge >= 0.3 is 0 Å². The summed E-state index contributed by atoms with van der Waals surface area (Å²) >= 11 is 3.34. The van der Waals surface area contributed by atoms with Gasteiger partial charge in [0.1, 0.15) is 5.39 Å². The lowest BCUT2D eigenvalue weighted by molar-refractivity contribution is -0.113. The van der Waals surface area contributed by atoms with Gasteiger partial charge in [0, 0.05) is 12.1 Å². The zero-order valence-electron chi connectivity index (χ0n) is 12.0. The summed E-state index contributed by atoms with van der Waals surface area (Å²) in [5, 5.41) is 0.338. The van der Waals surface area contributed by atoms with Crippen LogP contribution in [-0.2, 0) is 9.47 Å². The zero-order chi connectivity index (χ0) is 15.5. The first-order valence-electron chi connectivity index (χ1n) is 7.01. The van der Waals surface area contributed by atoms with Crippen LogP contribution < -0.4 is 10.3 Å². The van der Waals surface area contributed by atoms with Gasteiger partial charge in [-0.05, 0) is 15.9 Å². The van der Waals surface area contributed by atoms with Crippen LogP contribution in [-0.4, -0.2) is 47.5 Å². The lowest BCUT2D eigenvalue weighted by Gasteiger charge is -2.27. The Morgan fingerprint density at radius 2 is 2.36 bits per heavy atom. The highest BCUT2D eigenvalue weighted by Crippen LogP contribution is 2.25. The molecule has 8 heteroatoms. The predicted octanol–water partition coefficient (Wildman–Crippen LogP) is 1.51. The third-order valence-electron chi connectivity index (χ3n) is 3.55. The predicted molar refractivity (Wildman–Crippen MR) is 83.1 cm³/mol. The normalized spacial score (nSPS) is 20.0. The molecule has 0 saturated carbocycles. The summed E-state index contributed by atoms with van der Waals surface area (Å²) in [6, 6.07) is 0. The van der Waals surface area contributed by atoms with Gasteiger partial charge in [0.15, 0.2) is 0 Å². The second kappa shape index (κ2) is 6.72. The number of rotatable bonds is 4. The van der Waals surface area contributed by atoms with E-state index >= 15 is 0 Å². The summed E-state index contributed by atoms with van der Waals surface area (Å²) in [6.07, 6.45) is 2.93. The smallest absolute Gasteiger partial charge is 0.264 e. The molecule has 1 aliphatic rings. The molecule has 118 valence electrons. The number of hydrogen-bond donors (Lipinski definition) is 1. The van der Waals surface area contributed by atoms with E-state index in [0.29, 0.717) is 41.8 Å². The Balaban J connectivity index is 1.79. The Morgan fingerprint density at radius 3 is 3.14 bits per heavy atom. The van der Waals surface area contributed by atoms with Crippen molar-refractivity contribution >= 4 is 26.8 Å². The van der Waals surface area contributed by atoms with Crippen molar-refractivity contribution in [1.82, 2.24) is 15.0 Å². The molecule has 1 N–H and O–H groups in total. The number of pyridine rings is 1. The molecule has 2 atom stereocenters. The van der Waals surface area contributed by atoms with E-state index in [1.54, 1.807) is 6.20 Å². The number of aromatic amines is 1. The quantitative estimate of drug-likeness (QED) is 0.878. The maximum absolute atomic E-state index is 12.0. The average Bonchev–Trinajstić information content (AvgIpc) is 2.55. The molecule has 3 rings (SSSR count). The Hall–Kier alpha value is -1.51. The summed E-state index contributed by atoms with van der Waals surface area (Å²) in [6.45, 7) is 4.18. The fourth-order valence-electron chi connectivity index (χ4n) is 2.28. The summed E-state index contributed by atoms with van der Waals surface area (Å²) in [7, 11) is 0. The fourth-order valence-corrected chi connectivity index (χ4v) is 2.68. The third kappa shape index (κ3) is 3.13. The molecular formula is C14H16BrN3O4. The minimum Gasteiger partial charge on any atom is -0.477 e. The molecule has 3 heterocycles. The third-order valence-corrected chi connectivity index (χ3v) is 4.13. The number of nitrogens with zero attached hydrogens (tertiary/aromatic N) is 2. The average molecular weight is 370 g/mol. The van der Waals surface area contributed by atoms with E-state index in [1.165, 1.54) is 6.33 Å². The molecule has 0 aromatic carbocycles. The SMILES string of the molecule is C[C@@H](COc1ncc(Br)c2nc[nH]c(=O)c12)[C@@H]1COCCO1. The van der Waals surface area contributed by atoms with Crippen molar-refractivity contribution in [3.8, 4) is 5.88 Å². The molecule has 0 amide bonds. The van der Waals surface area contributed by atoms with Gasteiger partial charge in [-0.3, -0.25) is 4.79 Å². The maximum Gasteiger partial charge on any atom is 0.264 e. The van der Waals surface area contributed by atoms with Crippen LogP contribution in [0.4, 0.5) is 0 Å². The molecule has 1 fully saturated rings. The number of aromatic nitrogens is 3. The van der Waals surface area contributed by atoms with E-state index in [9.17, 15) is 4.79 Å². The molecule has 0 bridgehead atoms. The molecule has 7 nitrogen and oxygen atoms in total. The van der Waals surface area contributed by atoms with Crippen LogP contribution >= 0.6 is 15.9 Å². The minimum atomic E-state index is -0.279. The molecule has 0 radical (unpaired) electrons. The molecule has 0 aliphatic carbocycles. The van der Waals surface area contributed by atoms with Gasteiger partial charge in [-0.25, -0.2) is 9.97 Å². The minimum absolute atomic E-state index is 0.00753. The Morgan fingerprint density at radius 1 is 1.50 bits per heavy atom. The molecule has 2 aromatic rings. The molecule has 0 unspecified atom stereocenters. The van der Waals surface area contributed by atoms with Crippen LogP contribution in [0.1, 0.15) is 6.92 Å². The Labute approximate surface area is 135 Å². The first-order valence-corrected chi connectivity index (χ1v) is 7.80. The summed E-state index contributed by atoms with van der Waals surface area (Å²) in [4.78, 5) is 22.9. The monoisotopic (exact) mass is 369 g/mol. The summed E-state index contributed by atoms with van der Waals surface area (Å²) in [5.74, 6) is 0.396. The molecule has 22 heavy (non-hydrogen) atoms. The van der Waals surface area contributed by atoms with E-state index in [4.69, 9.17) is 14.2 Å². The van der Waals surface area contributed by atoms with Crippen molar-refractivity contribution in [2.45, 2.75) is 13.0 Å². The first kappa shape index (κ1) is 15.4. The molecular weight excluding hydrogens is 354 g/mol. The number of halogens is 1. The van der Waals surface area contributed by atoms with Gasteiger partial charge in [-0.15, -0.1) is 0 Å². The van der Waals surface area contributed by atoms with Crippen LogP contribution in [0.3, 0.4) is 0 Å². The number of ether oxygens (including phenoxy) is 3. The van der Waals surface area contributed by atoms with Crippen LogP contribution in [0, 0.1) is 5.92 Å². The molecule has 1 aliphatic heterocycles. The van der Waals surface area contributed by atoms with Gasteiger partial charge in [0.2, 0.25) is 5.88 Å². The number of hydrogen-bond acceptors (Lipinski definition) is 6. The highest BCUT2D eigenvalue weighted by Gasteiger charge is 2.23. The second-order valence-electron chi connectivity index (χ2n) is 5.14. The lowest BCUT2D eigenvalue weighted by atomic mass is 10.1. The summed E-state index contributed by atoms with van der Waals surface area (Å²) in [5.41, 5.74) is 0.248. The van der Waals surface area contributed by atoms with E-state index in [0.717, 1.165) is 0 Å². The number of fused-ring (bicyclic) bond motifs is 1. The molecule has 1 saturated heterocycles. The van der Waals surface area contributed by atoms with Gasteiger partial charge in [0.05, 0.1) is 48.8 Å². The maximum atomic E-state index is 12.0. The van der Waals surface area contributed by atoms with Crippen LogP contribution in [0.25, 0.3) is 10.9 Å². The Kier molecular flexibility index (Phi) is 4.70. The van der Waals surface area contributed by atoms with Crippen LogP contribution in [0.2, 0.25) is 0 Å². The molecule has 0 spiro atoms. The van der Waals surface area contributed by atoms with Crippen molar-refractivity contribution < 1.29 is 14.2 Å². The van der Waals surface area contributed by atoms with E-state index in [1.807, 2.05) is 6.92 Å². The van der Waals surface area contributed by atoms with Gasteiger partial charge < -0.3 is 19.2 Å². The fraction of sp³-hybridized carbons (Fsp3) is 0.500. The van der Waals surface area contributed by atoms with Gasteiger partial charge in [0.25, 0.3) is 5.56 Å². The topological polar surface area (TPSA) is 86.3 Å². The standard InChI is InChI=1S/C14H16BrN3O4/c1-8(10-6-20-2-3-21-10)5-22-14-11-12(9(15)4-16-14)17-7-18-13(11)19/h4,7-8,10H,2-3,5-6H2,1H3,(H,17,18,19)/t8-,10-/m0/s1. The van der Waals surface area contributed by atoms with Crippen LogP contribution in [0.5, 0.6) is 5.88 Å². The van der Waals surface area contributed by atoms with Crippen molar-refractivity contribution in [2.24, 2.45) is 5.92 Å². The van der Waals surface area contributed by atoms with E-state index in [-0.39, 0.29) is 23.5 Å². The van der Waals surface area contributed by atoms with E-state index in [2.05, 4.69) is 30.9 Å². The van der Waals surface area contributed by atoms with E-state index < -0.39 is 0 Å². The number of nitrogens with one attached hydrogen (secondary N) is 1. The molecule has 2 aromatic heterocycles. The summed E-state index contributed by atoms with van der Waals surface area (Å²) < 4.78 is 17.4. The zero-order valence-corrected chi connectivity index (χ0v) is 13.6. The van der Waals surface area contributed by atoms with Crippen molar-refractivity contribution in [2.75, 3.05) is 26.4 Å². The lowest BCUT2D eigenvalue weighted by Crippen LogP contribution is -2.36. The largest absolute Gasteiger partial charge is 0.477 e. The Bertz CT molecular complexity index is 715. The van der Waals surface area contributed by atoms with Crippen molar-refractivity contribution in [1.29, 1.82) is 0 Å². The second-order valence-corrected chi connectivity index (χ2v) is 5.99. The highest BCUT2D eigenvalue weighted by molar-refractivity contribution is 9.10. The highest BCUT2D eigenvalue weighted by atomic mass is 79.9. The van der Waals surface area contributed by atoms with Gasteiger partial charge in [-0.2, -0.15) is 0 Å². The number of H-pyrrole nitrogens is 1. The van der Waals surface area contributed by atoms with Crippen molar-refractivity contribution in [3.05, 3.63) is 27.4 Å². The first-order chi connectivity index (χ1) is 10.7. The van der Waals surface area contributed by atoms with Gasteiger partial charge in [-0.1, -0.05) is 6.92 Å². The van der Waals surface area contributed by atoms with Crippen molar-refractivity contribution in [3.63, 3.8) is 0 Å².